The predicted octanol–water partition coefficient (Wildman–Crippen LogP) is 5.33. The Balaban J connectivity index is 1.38. The highest BCUT2D eigenvalue weighted by atomic mass is 79.9. The molecule has 7 heteroatoms. The Labute approximate surface area is 195 Å². The van der Waals surface area contributed by atoms with Gasteiger partial charge in [0, 0.05) is 28.2 Å². The van der Waals surface area contributed by atoms with Crippen molar-refractivity contribution in [2.24, 2.45) is 0 Å². The first kappa shape index (κ1) is 20.3. The lowest BCUT2D eigenvalue weighted by atomic mass is 9.98. The summed E-state index contributed by atoms with van der Waals surface area (Å²) in [4.78, 5) is 15.7. The van der Waals surface area contributed by atoms with Crippen molar-refractivity contribution in [3.63, 3.8) is 0 Å². The van der Waals surface area contributed by atoms with E-state index in [1.54, 1.807) is 6.08 Å². The van der Waals surface area contributed by atoms with Crippen LogP contribution in [-0.2, 0) is 17.9 Å². The molecular formula is C25H24BrNO5. The van der Waals surface area contributed by atoms with Crippen molar-refractivity contribution >= 4 is 27.8 Å². The Bertz CT molecular complexity index is 1150. The molecule has 0 unspecified atom stereocenters. The maximum absolute atomic E-state index is 13.4. The zero-order valence-electron chi connectivity index (χ0n) is 17.9. The molecule has 0 bridgehead atoms. The maximum atomic E-state index is 13.4. The van der Waals surface area contributed by atoms with E-state index in [4.69, 9.17) is 18.9 Å². The Morgan fingerprint density at radius 2 is 1.97 bits per heavy atom. The van der Waals surface area contributed by atoms with Crippen LogP contribution in [-0.4, -0.2) is 30.2 Å². The molecule has 0 amide bonds. The van der Waals surface area contributed by atoms with Crippen LogP contribution in [0.25, 0.3) is 6.08 Å². The summed E-state index contributed by atoms with van der Waals surface area (Å²) < 4.78 is 24.4. The highest BCUT2D eigenvalue weighted by Gasteiger charge is 2.37. The van der Waals surface area contributed by atoms with E-state index < -0.39 is 0 Å². The minimum Gasteiger partial charge on any atom is -0.478 e. The number of carbonyl (C=O) groups excluding carboxylic acids is 1. The minimum atomic E-state index is -0.0981. The van der Waals surface area contributed by atoms with E-state index in [1.807, 2.05) is 25.1 Å². The van der Waals surface area contributed by atoms with Crippen LogP contribution < -0.4 is 14.2 Å². The highest BCUT2D eigenvalue weighted by Crippen LogP contribution is 2.45. The third-order valence-corrected chi connectivity index (χ3v) is 7.24. The zero-order valence-corrected chi connectivity index (χ0v) is 19.5. The van der Waals surface area contributed by atoms with Crippen LogP contribution in [0.1, 0.15) is 58.3 Å². The summed E-state index contributed by atoms with van der Waals surface area (Å²) in [5.74, 6) is 2.41. The quantitative estimate of drug-likeness (QED) is 0.522. The van der Waals surface area contributed by atoms with Crippen molar-refractivity contribution < 1.29 is 23.7 Å². The molecule has 6 rings (SSSR count). The number of halogens is 1. The molecule has 2 aromatic carbocycles. The molecule has 1 aliphatic carbocycles. The topological polar surface area (TPSA) is 57.2 Å². The van der Waals surface area contributed by atoms with E-state index in [-0.39, 0.29) is 12.6 Å². The van der Waals surface area contributed by atoms with E-state index >= 15 is 0 Å². The van der Waals surface area contributed by atoms with Gasteiger partial charge < -0.3 is 18.9 Å². The predicted molar refractivity (Wildman–Crippen MR) is 122 cm³/mol. The van der Waals surface area contributed by atoms with Gasteiger partial charge in [-0.3, -0.25) is 9.69 Å². The van der Waals surface area contributed by atoms with Gasteiger partial charge in [-0.25, -0.2) is 0 Å². The molecular weight excluding hydrogens is 474 g/mol. The molecule has 0 aromatic heterocycles. The molecule has 3 aliphatic heterocycles. The zero-order chi connectivity index (χ0) is 21.8. The van der Waals surface area contributed by atoms with Gasteiger partial charge in [0.15, 0.2) is 12.6 Å². The summed E-state index contributed by atoms with van der Waals surface area (Å²) in [6.07, 6.45) is 6.73. The monoisotopic (exact) mass is 497 g/mol. The SMILES string of the molecule is Cc1cc2c(c3c1C(=O)/C(=C/c1cc(Br)cc4c1OCOC4)O3)CN(C1CCCC1)CO2. The molecule has 1 saturated carbocycles. The van der Waals surface area contributed by atoms with E-state index in [9.17, 15) is 4.79 Å². The molecule has 0 atom stereocenters. The van der Waals surface area contributed by atoms with Crippen molar-refractivity contribution in [2.45, 2.75) is 51.8 Å². The van der Waals surface area contributed by atoms with E-state index in [2.05, 4.69) is 20.8 Å². The van der Waals surface area contributed by atoms with Crippen LogP contribution in [0.15, 0.2) is 28.4 Å². The lowest BCUT2D eigenvalue weighted by Crippen LogP contribution is -2.39. The van der Waals surface area contributed by atoms with Crippen molar-refractivity contribution in [1.29, 1.82) is 0 Å². The van der Waals surface area contributed by atoms with Crippen molar-refractivity contribution in [2.75, 3.05) is 13.5 Å². The van der Waals surface area contributed by atoms with Crippen LogP contribution in [0.2, 0.25) is 0 Å². The third kappa shape index (κ3) is 3.34. The molecule has 32 heavy (non-hydrogen) atoms. The van der Waals surface area contributed by atoms with Crippen LogP contribution in [0.3, 0.4) is 0 Å². The summed E-state index contributed by atoms with van der Waals surface area (Å²) in [5.41, 5.74) is 4.22. The molecule has 0 N–H and O–H groups in total. The number of benzene rings is 2. The molecule has 2 aromatic rings. The summed E-state index contributed by atoms with van der Waals surface area (Å²) in [5, 5.41) is 0. The molecule has 4 aliphatic rings. The average Bonchev–Trinajstić information content (AvgIpc) is 3.43. The summed E-state index contributed by atoms with van der Waals surface area (Å²) in [6, 6.07) is 6.42. The summed E-state index contributed by atoms with van der Waals surface area (Å²) >= 11 is 3.55. The highest BCUT2D eigenvalue weighted by molar-refractivity contribution is 9.10. The van der Waals surface area contributed by atoms with Gasteiger partial charge in [0.05, 0.1) is 17.7 Å². The van der Waals surface area contributed by atoms with Crippen LogP contribution in [0.5, 0.6) is 17.2 Å². The van der Waals surface area contributed by atoms with Crippen LogP contribution in [0, 0.1) is 6.92 Å². The second kappa shape index (κ2) is 7.90. The van der Waals surface area contributed by atoms with Gasteiger partial charge in [0.25, 0.3) is 0 Å². The smallest absolute Gasteiger partial charge is 0.232 e. The minimum absolute atomic E-state index is 0.0981. The third-order valence-electron chi connectivity index (χ3n) is 6.78. The van der Waals surface area contributed by atoms with Gasteiger partial charge in [-0.2, -0.15) is 0 Å². The molecule has 6 nitrogen and oxygen atoms in total. The Morgan fingerprint density at radius 1 is 1.12 bits per heavy atom. The standard InChI is InChI=1S/C25H24BrNO5/c1-14-6-20-19(10-27(12-30-20)18-4-2-3-5-18)25-22(14)23(28)21(32-25)9-15-7-17(26)8-16-11-29-13-31-24(15)16/h6-9,18H,2-5,10-13H2,1H3/b21-9-. The van der Waals surface area contributed by atoms with E-state index in [0.29, 0.717) is 36.5 Å². The second-order valence-electron chi connectivity index (χ2n) is 8.87. The molecule has 0 spiro atoms. The van der Waals surface area contributed by atoms with Crippen LogP contribution >= 0.6 is 15.9 Å². The Morgan fingerprint density at radius 3 is 2.81 bits per heavy atom. The Kier molecular flexibility index (Phi) is 5.01. The van der Waals surface area contributed by atoms with Gasteiger partial charge in [-0.1, -0.05) is 28.8 Å². The van der Waals surface area contributed by atoms with E-state index in [0.717, 1.165) is 44.8 Å². The average molecular weight is 498 g/mol. The van der Waals surface area contributed by atoms with Gasteiger partial charge in [0.2, 0.25) is 5.78 Å². The number of hydrogen-bond donors (Lipinski definition) is 0. The van der Waals surface area contributed by atoms with Gasteiger partial charge in [0.1, 0.15) is 24.0 Å². The van der Waals surface area contributed by atoms with Crippen LogP contribution in [0.4, 0.5) is 0 Å². The molecule has 0 saturated heterocycles. The first-order valence-corrected chi connectivity index (χ1v) is 11.9. The first-order chi connectivity index (χ1) is 15.6. The fourth-order valence-corrected chi connectivity index (χ4v) is 5.73. The fourth-order valence-electron chi connectivity index (χ4n) is 5.21. The summed E-state index contributed by atoms with van der Waals surface area (Å²) in [6.45, 7) is 3.95. The maximum Gasteiger partial charge on any atom is 0.232 e. The number of hydrogen-bond acceptors (Lipinski definition) is 6. The van der Waals surface area contributed by atoms with Gasteiger partial charge in [-0.05, 0) is 49.6 Å². The normalized spacial score (nSPS) is 21.6. The number of fused-ring (bicyclic) bond motifs is 4. The number of carbonyl (C=O) groups is 1. The molecule has 0 radical (unpaired) electrons. The number of nitrogens with zero attached hydrogens (tertiary/aromatic N) is 1. The first-order valence-electron chi connectivity index (χ1n) is 11.1. The molecule has 166 valence electrons. The lowest BCUT2D eigenvalue weighted by Gasteiger charge is -2.34. The number of aryl methyl sites for hydroxylation is 1. The largest absolute Gasteiger partial charge is 0.478 e. The van der Waals surface area contributed by atoms with Crippen molar-refractivity contribution in [3.8, 4) is 17.2 Å². The number of rotatable bonds is 2. The second-order valence-corrected chi connectivity index (χ2v) is 9.78. The molecule has 1 fully saturated rings. The van der Waals surface area contributed by atoms with Gasteiger partial charge in [-0.15, -0.1) is 0 Å². The number of allylic oxidation sites excluding steroid dienone is 1. The van der Waals surface area contributed by atoms with Gasteiger partial charge >= 0.3 is 0 Å². The number of ketones is 1. The molecule has 3 heterocycles. The fraction of sp³-hybridized carbons (Fsp3) is 0.400. The number of Topliss-reactive ketones (excluding diaryl/α,β-unsaturated/α-hetero) is 1. The van der Waals surface area contributed by atoms with E-state index in [1.165, 1.54) is 25.7 Å². The Hall–Kier alpha value is -2.35. The lowest BCUT2D eigenvalue weighted by molar-refractivity contribution is -0.0165. The van der Waals surface area contributed by atoms with Crippen molar-refractivity contribution in [3.05, 3.63) is 56.2 Å². The number of ether oxygens (including phenoxy) is 4. The van der Waals surface area contributed by atoms with Crippen molar-refractivity contribution in [1.82, 2.24) is 4.90 Å². The summed E-state index contributed by atoms with van der Waals surface area (Å²) in [7, 11) is 0.